The second-order valence-electron chi connectivity index (χ2n) is 5.01. The molecule has 0 radical (unpaired) electrons. The zero-order valence-electron chi connectivity index (χ0n) is 11.0. The summed E-state index contributed by atoms with van der Waals surface area (Å²) >= 11 is 0. The van der Waals surface area contributed by atoms with Crippen molar-refractivity contribution in [2.24, 2.45) is 5.92 Å². The van der Waals surface area contributed by atoms with Gasteiger partial charge in [-0.1, -0.05) is 18.2 Å². The molecule has 0 saturated heterocycles. The van der Waals surface area contributed by atoms with Crippen LogP contribution in [-0.4, -0.2) is 34.6 Å². The summed E-state index contributed by atoms with van der Waals surface area (Å²) in [5, 5.41) is 19.1. The van der Waals surface area contributed by atoms with Crippen molar-refractivity contribution >= 4 is 5.91 Å². The van der Waals surface area contributed by atoms with E-state index >= 15 is 0 Å². The van der Waals surface area contributed by atoms with Crippen LogP contribution in [0.5, 0.6) is 11.5 Å². The van der Waals surface area contributed by atoms with Crippen LogP contribution in [0, 0.1) is 5.92 Å². The van der Waals surface area contributed by atoms with E-state index in [-0.39, 0.29) is 23.0 Å². The standard InChI is InChI=1S/C15H19NO3/c1-16(10-11-6-3-2-4-7-11)15(19)12-8-5-9-13(17)14(12)18/h2-3,5,8-9,11,17-18H,4,6-7,10H2,1H3/t11-/m0/s1. The number of hydrogen-bond donors (Lipinski definition) is 2. The Morgan fingerprint density at radius 3 is 2.84 bits per heavy atom. The van der Waals surface area contributed by atoms with Gasteiger partial charge in [0, 0.05) is 13.6 Å². The van der Waals surface area contributed by atoms with E-state index in [9.17, 15) is 15.0 Å². The maximum absolute atomic E-state index is 12.2. The molecule has 1 aliphatic rings. The average Bonchev–Trinajstić information content (AvgIpc) is 2.42. The molecule has 0 fully saturated rings. The highest BCUT2D eigenvalue weighted by atomic mass is 16.3. The second-order valence-corrected chi connectivity index (χ2v) is 5.01. The Bertz CT molecular complexity index is 496. The number of phenols is 2. The number of aromatic hydroxyl groups is 2. The molecule has 4 heteroatoms. The lowest BCUT2D eigenvalue weighted by atomic mass is 9.94. The first kappa shape index (κ1) is 13.5. The molecule has 19 heavy (non-hydrogen) atoms. The summed E-state index contributed by atoms with van der Waals surface area (Å²) in [6, 6.07) is 4.44. The first-order chi connectivity index (χ1) is 9.09. The Hall–Kier alpha value is -1.97. The van der Waals surface area contributed by atoms with E-state index in [1.165, 1.54) is 12.1 Å². The van der Waals surface area contributed by atoms with Gasteiger partial charge in [0.2, 0.25) is 0 Å². The molecule has 1 atom stereocenters. The van der Waals surface area contributed by atoms with E-state index in [1.54, 1.807) is 18.0 Å². The number of phenolic OH excluding ortho intramolecular Hbond substituents is 2. The molecule has 0 bridgehead atoms. The Morgan fingerprint density at radius 2 is 2.16 bits per heavy atom. The largest absolute Gasteiger partial charge is 0.504 e. The molecule has 102 valence electrons. The summed E-state index contributed by atoms with van der Waals surface area (Å²) in [7, 11) is 1.73. The minimum Gasteiger partial charge on any atom is -0.504 e. The van der Waals surface area contributed by atoms with Crippen LogP contribution in [0.3, 0.4) is 0 Å². The molecular formula is C15H19NO3. The van der Waals surface area contributed by atoms with Gasteiger partial charge in [0.05, 0.1) is 5.56 Å². The minimum atomic E-state index is -0.345. The van der Waals surface area contributed by atoms with Gasteiger partial charge in [-0.05, 0) is 37.3 Å². The van der Waals surface area contributed by atoms with Crippen LogP contribution in [0.15, 0.2) is 30.4 Å². The highest BCUT2D eigenvalue weighted by molar-refractivity contribution is 5.97. The van der Waals surface area contributed by atoms with Gasteiger partial charge >= 0.3 is 0 Å². The van der Waals surface area contributed by atoms with Crippen LogP contribution in [0.1, 0.15) is 29.6 Å². The lowest BCUT2D eigenvalue weighted by Crippen LogP contribution is -2.32. The van der Waals surface area contributed by atoms with Gasteiger partial charge in [-0.3, -0.25) is 4.79 Å². The molecule has 0 spiro atoms. The number of allylic oxidation sites excluding steroid dienone is 2. The number of carbonyl (C=O) groups is 1. The van der Waals surface area contributed by atoms with E-state index < -0.39 is 0 Å². The van der Waals surface area contributed by atoms with E-state index in [0.717, 1.165) is 19.3 Å². The summed E-state index contributed by atoms with van der Waals surface area (Å²) < 4.78 is 0. The van der Waals surface area contributed by atoms with Gasteiger partial charge in [0.1, 0.15) is 0 Å². The molecule has 4 nitrogen and oxygen atoms in total. The van der Waals surface area contributed by atoms with E-state index in [1.807, 2.05) is 0 Å². The molecule has 2 rings (SSSR count). The predicted molar refractivity (Wildman–Crippen MR) is 73.2 cm³/mol. The summed E-state index contributed by atoms with van der Waals surface area (Å²) in [5.74, 6) is -0.399. The molecule has 1 amide bonds. The van der Waals surface area contributed by atoms with Crippen molar-refractivity contribution in [3.63, 3.8) is 0 Å². The smallest absolute Gasteiger partial charge is 0.257 e. The van der Waals surface area contributed by atoms with Crippen LogP contribution in [0.2, 0.25) is 0 Å². The van der Waals surface area contributed by atoms with Crippen molar-refractivity contribution in [2.45, 2.75) is 19.3 Å². The van der Waals surface area contributed by atoms with Gasteiger partial charge in [0.15, 0.2) is 11.5 Å². The third kappa shape index (κ3) is 3.08. The third-order valence-electron chi connectivity index (χ3n) is 3.50. The highest BCUT2D eigenvalue weighted by Crippen LogP contribution is 2.29. The fourth-order valence-corrected chi connectivity index (χ4v) is 2.40. The van der Waals surface area contributed by atoms with Crippen LogP contribution < -0.4 is 0 Å². The Balaban J connectivity index is 2.06. The number of benzene rings is 1. The normalized spacial score (nSPS) is 18.3. The number of rotatable bonds is 3. The molecule has 1 aliphatic carbocycles. The molecular weight excluding hydrogens is 242 g/mol. The Kier molecular flexibility index (Phi) is 4.10. The van der Waals surface area contributed by atoms with Crippen LogP contribution in [0.25, 0.3) is 0 Å². The number of para-hydroxylation sites is 1. The second kappa shape index (κ2) is 5.78. The monoisotopic (exact) mass is 261 g/mol. The van der Waals surface area contributed by atoms with Gasteiger partial charge in [-0.2, -0.15) is 0 Å². The average molecular weight is 261 g/mol. The van der Waals surface area contributed by atoms with E-state index in [0.29, 0.717) is 12.5 Å². The quantitative estimate of drug-likeness (QED) is 0.649. The number of carbonyl (C=O) groups excluding carboxylic acids is 1. The molecule has 0 aliphatic heterocycles. The van der Waals surface area contributed by atoms with Crippen molar-refractivity contribution in [3.05, 3.63) is 35.9 Å². The molecule has 0 unspecified atom stereocenters. The summed E-state index contributed by atoms with van der Waals surface area (Å²) in [5.41, 5.74) is 0.147. The van der Waals surface area contributed by atoms with Crippen molar-refractivity contribution in [2.75, 3.05) is 13.6 Å². The Morgan fingerprint density at radius 1 is 1.37 bits per heavy atom. The predicted octanol–water partition coefficient (Wildman–Crippen LogP) is 2.53. The lowest BCUT2D eigenvalue weighted by Gasteiger charge is -2.25. The van der Waals surface area contributed by atoms with Crippen molar-refractivity contribution in [1.82, 2.24) is 4.90 Å². The number of nitrogens with zero attached hydrogens (tertiary/aromatic N) is 1. The summed E-state index contributed by atoms with van der Waals surface area (Å²) in [4.78, 5) is 13.8. The molecule has 1 aromatic rings. The van der Waals surface area contributed by atoms with Gasteiger partial charge in [-0.25, -0.2) is 0 Å². The Labute approximate surface area is 113 Å². The topological polar surface area (TPSA) is 60.8 Å². The first-order valence-corrected chi connectivity index (χ1v) is 6.51. The SMILES string of the molecule is CN(C[C@H]1CC=CCC1)C(=O)c1cccc(O)c1O. The van der Waals surface area contributed by atoms with Crippen LogP contribution >= 0.6 is 0 Å². The minimum absolute atomic E-state index is 0.147. The maximum Gasteiger partial charge on any atom is 0.257 e. The fourth-order valence-electron chi connectivity index (χ4n) is 2.40. The third-order valence-corrected chi connectivity index (χ3v) is 3.50. The number of amides is 1. The zero-order chi connectivity index (χ0) is 13.8. The molecule has 0 saturated carbocycles. The number of hydrogen-bond acceptors (Lipinski definition) is 3. The van der Waals surface area contributed by atoms with E-state index in [2.05, 4.69) is 12.2 Å². The van der Waals surface area contributed by atoms with Crippen LogP contribution in [-0.2, 0) is 0 Å². The van der Waals surface area contributed by atoms with Crippen molar-refractivity contribution < 1.29 is 15.0 Å². The van der Waals surface area contributed by atoms with Crippen molar-refractivity contribution in [1.29, 1.82) is 0 Å². The first-order valence-electron chi connectivity index (χ1n) is 6.51. The summed E-state index contributed by atoms with van der Waals surface area (Å²) in [6.07, 6.45) is 7.45. The van der Waals surface area contributed by atoms with Crippen LogP contribution in [0.4, 0.5) is 0 Å². The fraction of sp³-hybridized carbons (Fsp3) is 0.400. The van der Waals surface area contributed by atoms with Gasteiger partial charge in [0.25, 0.3) is 5.91 Å². The molecule has 0 aromatic heterocycles. The lowest BCUT2D eigenvalue weighted by molar-refractivity contribution is 0.0765. The molecule has 2 N–H and O–H groups in total. The summed E-state index contributed by atoms with van der Waals surface area (Å²) in [6.45, 7) is 0.665. The molecule has 1 aromatic carbocycles. The molecule has 0 heterocycles. The van der Waals surface area contributed by atoms with Gasteiger partial charge in [-0.15, -0.1) is 0 Å². The van der Waals surface area contributed by atoms with E-state index in [4.69, 9.17) is 0 Å². The maximum atomic E-state index is 12.2. The highest BCUT2D eigenvalue weighted by Gasteiger charge is 2.20. The van der Waals surface area contributed by atoms with Crippen molar-refractivity contribution in [3.8, 4) is 11.5 Å². The zero-order valence-corrected chi connectivity index (χ0v) is 11.0. The van der Waals surface area contributed by atoms with Gasteiger partial charge < -0.3 is 15.1 Å².